The van der Waals surface area contributed by atoms with Gasteiger partial charge in [0, 0.05) is 12.8 Å². The fourth-order valence-corrected chi connectivity index (χ4v) is 12.4. The summed E-state index contributed by atoms with van der Waals surface area (Å²) in [5.74, 6) is -0.00586. The summed E-state index contributed by atoms with van der Waals surface area (Å²) in [6, 6.07) is -0.537. The molecule has 0 aromatic heterocycles. The molecule has 84 heavy (non-hydrogen) atoms. The maximum atomic E-state index is 12.5. The van der Waals surface area contributed by atoms with Crippen LogP contribution >= 0.6 is 0 Å². The lowest BCUT2D eigenvalue weighted by Gasteiger charge is -2.22. The molecule has 6 nitrogen and oxygen atoms in total. The second-order valence-electron chi connectivity index (χ2n) is 26.7. The van der Waals surface area contributed by atoms with Crippen molar-refractivity contribution in [1.82, 2.24) is 5.32 Å². The van der Waals surface area contributed by atoms with Crippen LogP contribution in [0.5, 0.6) is 0 Å². The molecule has 2 unspecified atom stereocenters. The lowest BCUT2D eigenvalue weighted by atomic mass is 10.0. The molecule has 0 aliphatic heterocycles. The van der Waals surface area contributed by atoms with Gasteiger partial charge in [-0.15, -0.1) is 0 Å². The van der Waals surface area contributed by atoms with Crippen LogP contribution < -0.4 is 5.32 Å². The second kappa shape index (κ2) is 73.8. The lowest BCUT2D eigenvalue weighted by molar-refractivity contribution is -0.143. The summed E-state index contributed by atoms with van der Waals surface area (Å²) >= 11 is 0. The molecule has 0 saturated heterocycles. The quantitative estimate of drug-likeness (QED) is 0.0320. The van der Waals surface area contributed by atoms with E-state index in [0.717, 1.165) is 44.9 Å². The number of amides is 1. The van der Waals surface area contributed by atoms with Gasteiger partial charge in [-0.25, -0.2) is 0 Å². The second-order valence-corrected chi connectivity index (χ2v) is 26.7. The largest absolute Gasteiger partial charge is 0.466 e. The molecule has 0 aliphatic rings. The number of esters is 1. The van der Waals surface area contributed by atoms with Crippen LogP contribution in [0.4, 0.5) is 0 Å². The summed E-state index contributed by atoms with van der Waals surface area (Å²) in [5.41, 5.74) is 0. The molecule has 2 atom stereocenters. The number of hydrogen-bond donors (Lipinski definition) is 3. The van der Waals surface area contributed by atoms with Crippen molar-refractivity contribution < 1.29 is 24.5 Å². The van der Waals surface area contributed by atoms with Crippen molar-refractivity contribution in [2.45, 2.75) is 450 Å². The third kappa shape index (κ3) is 69.4. The van der Waals surface area contributed by atoms with Gasteiger partial charge in [0.05, 0.1) is 25.4 Å². The Morgan fingerprint density at radius 3 is 0.905 bits per heavy atom. The molecule has 0 aliphatic carbocycles. The molecular weight excluding hydrogens is 1030 g/mol. The van der Waals surface area contributed by atoms with Crippen molar-refractivity contribution in [2.24, 2.45) is 0 Å². The van der Waals surface area contributed by atoms with Crippen LogP contribution in [0.15, 0.2) is 24.3 Å². The Balaban J connectivity index is 3.31. The molecule has 498 valence electrons. The van der Waals surface area contributed by atoms with Crippen molar-refractivity contribution in [3.63, 3.8) is 0 Å². The average Bonchev–Trinajstić information content (AvgIpc) is 3.51. The minimum absolute atomic E-state index is 0.0255. The number of rotatable bonds is 73. The Morgan fingerprint density at radius 2 is 0.595 bits per heavy atom. The summed E-state index contributed by atoms with van der Waals surface area (Å²) in [6.07, 6.45) is 94.3. The van der Waals surface area contributed by atoms with E-state index in [9.17, 15) is 19.8 Å². The zero-order chi connectivity index (χ0) is 60.6. The van der Waals surface area contributed by atoms with Crippen molar-refractivity contribution in [2.75, 3.05) is 13.2 Å². The molecule has 0 spiro atoms. The Bertz CT molecular complexity index is 1320. The van der Waals surface area contributed by atoms with Crippen LogP contribution in [0.3, 0.4) is 0 Å². The zero-order valence-corrected chi connectivity index (χ0v) is 57.2. The maximum absolute atomic E-state index is 12.5. The van der Waals surface area contributed by atoms with Crippen LogP contribution in [0, 0.1) is 0 Å². The van der Waals surface area contributed by atoms with Gasteiger partial charge >= 0.3 is 5.97 Å². The van der Waals surface area contributed by atoms with Crippen molar-refractivity contribution in [3.05, 3.63) is 24.3 Å². The minimum atomic E-state index is -0.660. The summed E-state index contributed by atoms with van der Waals surface area (Å²) in [5, 5.41) is 23.2. The average molecular weight is 1180 g/mol. The van der Waals surface area contributed by atoms with E-state index in [2.05, 4.69) is 43.5 Å². The van der Waals surface area contributed by atoms with Gasteiger partial charge in [-0.1, -0.05) is 391 Å². The van der Waals surface area contributed by atoms with Gasteiger partial charge in [0.15, 0.2) is 0 Å². The van der Waals surface area contributed by atoms with E-state index in [1.165, 1.54) is 360 Å². The lowest BCUT2D eigenvalue weighted by Crippen LogP contribution is -2.45. The molecular formula is C78H151NO5. The molecule has 3 N–H and O–H groups in total. The molecule has 6 heteroatoms. The van der Waals surface area contributed by atoms with Crippen molar-refractivity contribution in [3.8, 4) is 0 Å². The first-order chi connectivity index (χ1) is 41.5. The van der Waals surface area contributed by atoms with E-state index in [0.29, 0.717) is 25.9 Å². The number of hydrogen-bond acceptors (Lipinski definition) is 5. The number of ether oxygens (including phenoxy) is 1. The van der Waals surface area contributed by atoms with Gasteiger partial charge in [0.1, 0.15) is 0 Å². The Kier molecular flexibility index (Phi) is 72.3. The molecule has 0 fully saturated rings. The topological polar surface area (TPSA) is 95.9 Å². The molecule has 1 amide bonds. The van der Waals surface area contributed by atoms with E-state index >= 15 is 0 Å². The first-order valence-corrected chi connectivity index (χ1v) is 38.6. The van der Waals surface area contributed by atoms with Crippen LogP contribution in [0.1, 0.15) is 438 Å². The predicted octanol–water partition coefficient (Wildman–Crippen LogP) is 25.3. The van der Waals surface area contributed by atoms with E-state index in [-0.39, 0.29) is 18.5 Å². The number of aliphatic hydroxyl groups is 2. The third-order valence-electron chi connectivity index (χ3n) is 18.3. The molecule has 0 saturated carbocycles. The normalized spacial score (nSPS) is 12.6. The monoisotopic (exact) mass is 1180 g/mol. The van der Waals surface area contributed by atoms with Crippen molar-refractivity contribution >= 4 is 11.9 Å². The number of nitrogens with one attached hydrogen (secondary N) is 1. The zero-order valence-electron chi connectivity index (χ0n) is 57.2. The summed E-state index contributed by atoms with van der Waals surface area (Å²) in [7, 11) is 0. The highest BCUT2D eigenvalue weighted by Crippen LogP contribution is 2.20. The van der Waals surface area contributed by atoms with E-state index in [1.54, 1.807) is 0 Å². The minimum Gasteiger partial charge on any atom is -0.466 e. The number of carbonyl (C=O) groups is 2. The molecule has 0 radical (unpaired) electrons. The number of unbranched alkanes of at least 4 members (excludes halogenated alkanes) is 58. The number of aliphatic hydroxyl groups excluding tert-OH is 2. The highest BCUT2D eigenvalue weighted by atomic mass is 16.5. The fourth-order valence-electron chi connectivity index (χ4n) is 12.4. The number of allylic oxidation sites excluding steroid dienone is 4. The third-order valence-corrected chi connectivity index (χ3v) is 18.3. The van der Waals surface area contributed by atoms with Gasteiger partial charge in [-0.2, -0.15) is 0 Å². The molecule has 0 bridgehead atoms. The SMILES string of the molecule is CCCCCCCCCCCCCCCCCCCCC(=O)OCCCCCCCCCCCCCCCCC/C=C\C/C=C\CCCCCCCCCCCCCCCCCCCC(=O)NC(CO)C(O)CCCCCCCCCCCC. The van der Waals surface area contributed by atoms with Gasteiger partial charge in [-0.3, -0.25) is 9.59 Å². The van der Waals surface area contributed by atoms with Crippen LogP contribution in [0.25, 0.3) is 0 Å². The first-order valence-electron chi connectivity index (χ1n) is 38.6. The highest BCUT2D eigenvalue weighted by molar-refractivity contribution is 5.76. The van der Waals surface area contributed by atoms with Crippen LogP contribution in [-0.2, 0) is 14.3 Å². The molecule has 0 rings (SSSR count). The fraction of sp³-hybridized carbons (Fsp3) is 0.923. The Hall–Kier alpha value is -1.66. The Morgan fingerprint density at radius 1 is 0.333 bits per heavy atom. The maximum Gasteiger partial charge on any atom is 0.305 e. The standard InChI is InChI=1S/C78H151NO5/c1-3-5-7-9-11-13-15-16-17-18-43-46-49-52-56-60-64-68-72-78(83)84-73-69-65-61-57-53-50-47-44-41-39-37-35-33-31-29-27-25-23-21-19-20-22-24-26-28-30-32-34-36-38-40-42-45-48-51-55-59-63-67-71-77(82)79-75(74-80)76(81)70-66-62-58-54-14-12-10-8-6-4-2/h19-20,23,25,75-76,80-81H,3-18,21-22,24,26-74H2,1-2H3,(H,79,82)/b20-19-,25-23-. The molecule has 0 aromatic carbocycles. The van der Waals surface area contributed by atoms with Crippen LogP contribution in [-0.4, -0.2) is 47.4 Å². The van der Waals surface area contributed by atoms with Gasteiger partial charge < -0.3 is 20.3 Å². The van der Waals surface area contributed by atoms with E-state index in [4.69, 9.17) is 4.74 Å². The molecule has 0 aromatic rings. The summed E-state index contributed by atoms with van der Waals surface area (Å²) in [6.45, 7) is 4.98. The smallest absolute Gasteiger partial charge is 0.305 e. The summed E-state index contributed by atoms with van der Waals surface area (Å²) in [4.78, 5) is 24.6. The van der Waals surface area contributed by atoms with E-state index < -0.39 is 12.1 Å². The predicted molar refractivity (Wildman–Crippen MR) is 370 cm³/mol. The Labute approximate surface area is 526 Å². The summed E-state index contributed by atoms with van der Waals surface area (Å²) < 4.78 is 5.52. The molecule has 0 heterocycles. The van der Waals surface area contributed by atoms with Gasteiger partial charge in [-0.05, 0) is 57.8 Å². The van der Waals surface area contributed by atoms with Gasteiger partial charge in [0.25, 0.3) is 0 Å². The number of carbonyl (C=O) groups excluding carboxylic acids is 2. The highest BCUT2D eigenvalue weighted by Gasteiger charge is 2.20. The van der Waals surface area contributed by atoms with Crippen LogP contribution in [0.2, 0.25) is 0 Å². The van der Waals surface area contributed by atoms with Gasteiger partial charge in [0.2, 0.25) is 5.91 Å². The van der Waals surface area contributed by atoms with E-state index in [1.807, 2.05) is 0 Å². The van der Waals surface area contributed by atoms with Crippen molar-refractivity contribution in [1.29, 1.82) is 0 Å². The first kappa shape index (κ1) is 82.3.